The number of piperidine rings is 1. The van der Waals surface area contributed by atoms with Gasteiger partial charge in [-0.25, -0.2) is 17.6 Å². The summed E-state index contributed by atoms with van der Waals surface area (Å²) in [5, 5.41) is 22.5. The molecule has 2 saturated heterocycles. The van der Waals surface area contributed by atoms with Gasteiger partial charge in [-0.3, -0.25) is 9.88 Å². The van der Waals surface area contributed by atoms with Crippen molar-refractivity contribution in [3.63, 3.8) is 0 Å². The third kappa shape index (κ3) is 6.11. The summed E-state index contributed by atoms with van der Waals surface area (Å²) in [7, 11) is 0. The number of phenolic OH excluding ortho intramolecular Hbond substituents is 1. The highest BCUT2D eigenvalue weighted by atomic mass is 19.3. The molecule has 51 heavy (non-hydrogen) atoms. The number of ether oxygens (including phenoxy) is 2. The Morgan fingerprint density at radius 3 is 2.73 bits per heavy atom. The van der Waals surface area contributed by atoms with E-state index >= 15 is 4.39 Å². The van der Waals surface area contributed by atoms with E-state index in [-0.39, 0.29) is 94.9 Å². The van der Waals surface area contributed by atoms with Crippen molar-refractivity contribution in [2.45, 2.75) is 63.0 Å². The molecule has 2 aliphatic heterocycles. The standard InChI is InChI=1S/C38H39F4N5O4/c1-3-25-28(39)8-7-22-14-24(48)15-26(30(22)25)32-31(40)33-27(17-43-32)34(47-12-13-50-20-36(2,49)19-47)45-35(44-33)51-21-37-9-4-6-29(37)46(11-5-10-37)18-23-16-38(23,41)42/h1,7-8,14-15,17,23,29,48-49H,4-6,9-13,16,18-21H2,2H3/t23?,29-,36+,37-/m1/s1. The Balaban J connectivity index is 1.22. The lowest BCUT2D eigenvalue weighted by molar-refractivity contribution is -0.0124. The summed E-state index contributed by atoms with van der Waals surface area (Å²) in [6.07, 6.45) is 11.4. The second-order valence-electron chi connectivity index (χ2n) is 15.0. The molecule has 4 atom stereocenters. The van der Waals surface area contributed by atoms with E-state index in [1.165, 1.54) is 30.5 Å². The van der Waals surface area contributed by atoms with Gasteiger partial charge in [0.15, 0.2) is 5.82 Å². The number of aromatic nitrogens is 3. The number of benzene rings is 2. The summed E-state index contributed by atoms with van der Waals surface area (Å²) in [6, 6.07) is 5.34. The Bertz CT molecular complexity index is 2070. The van der Waals surface area contributed by atoms with Crippen molar-refractivity contribution in [2.24, 2.45) is 11.3 Å². The van der Waals surface area contributed by atoms with Crippen LogP contribution in [0.5, 0.6) is 11.8 Å². The van der Waals surface area contributed by atoms with Crippen molar-refractivity contribution in [1.82, 2.24) is 19.9 Å². The summed E-state index contributed by atoms with van der Waals surface area (Å²) < 4.78 is 71.7. The molecule has 2 N–H and O–H groups in total. The zero-order valence-electron chi connectivity index (χ0n) is 28.3. The second-order valence-corrected chi connectivity index (χ2v) is 15.0. The van der Waals surface area contributed by atoms with Crippen LogP contribution in [0.1, 0.15) is 51.0 Å². The number of pyridine rings is 1. The van der Waals surface area contributed by atoms with E-state index in [1.807, 2.05) is 0 Å². The summed E-state index contributed by atoms with van der Waals surface area (Å²) in [5.41, 5.74) is -1.87. The number of aromatic hydroxyl groups is 1. The molecule has 4 fully saturated rings. The first kappa shape index (κ1) is 33.9. The van der Waals surface area contributed by atoms with E-state index in [2.05, 4.69) is 20.8 Å². The molecule has 4 heterocycles. The summed E-state index contributed by atoms with van der Waals surface area (Å²) >= 11 is 0. The molecule has 4 aliphatic rings. The fourth-order valence-electron chi connectivity index (χ4n) is 8.64. The molecule has 9 nitrogen and oxygen atoms in total. The van der Waals surface area contributed by atoms with Crippen molar-refractivity contribution in [3.8, 4) is 35.4 Å². The number of likely N-dealkylation sites (tertiary alicyclic amines) is 1. The van der Waals surface area contributed by atoms with Crippen LogP contribution in [0.15, 0.2) is 30.5 Å². The number of nitrogens with zero attached hydrogens (tertiary/aromatic N) is 5. The molecular formula is C38H39F4N5O4. The summed E-state index contributed by atoms with van der Waals surface area (Å²) in [5.74, 6) is -2.29. The van der Waals surface area contributed by atoms with Gasteiger partial charge >= 0.3 is 6.01 Å². The van der Waals surface area contributed by atoms with Crippen molar-refractivity contribution >= 4 is 27.5 Å². The van der Waals surface area contributed by atoms with E-state index < -0.39 is 29.1 Å². The molecule has 8 rings (SSSR count). The summed E-state index contributed by atoms with van der Waals surface area (Å²) in [6.45, 7) is 3.83. The number of halogens is 4. The smallest absolute Gasteiger partial charge is 0.319 e. The van der Waals surface area contributed by atoms with E-state index in [1.54, 1.807) is 11.8 Å². The van der Waals surface area contributed by atoms with Gasteiger partial charge < -0.3 is 24.6 Å². The fraction of sp³-hybridized carbons (Fsp3) is 0.500. The maximum absolute atomic E-state index is 17.0. The van der Waals surface area contributed by atoms with Crippen LogP contribution in [0.3, 0.4) is 0 Å². The average molecular weight is 706 g/mol. The maximum Gasteiger partial charge on any atom is 0.319 e. The predicted molar refractivity (Wildman–Crippen MR) is 183 cm³/mol. The number of aliphatic hydroxyl groups is 1. The fourth-order valence-corrected chi connectivity index (χ4v) is 8.64. The van der Waals surface area contributed by atoms with Gasteiger partial charge in [0.05, 0.1) is 37.3 Å². The molecule has 0 bridgehead atoms. The molecule has 0 radical (unpaired) electrons. The van der Waals surface area contributed by atoms with Crippen molar-refractivity contribution in [2.75, 3.05) is 50.9 Å². The van der Waals surface area contributed by atoms with Gasteiger partial charge in [0.2, 0.25) is 0 Å². The number of alkyl halides is 2. The van der Waals surface area contributed by atoms with Crippen LogP contribution < -0.4 is 9.64 Å². The largest absolute Gasteiger partial charge is 0.508 e. The minimum absolute atomic E-state index is 0.0678. The first-order valence-electron chi connectivity index (χ1n) is 17.5. The molecule has 2 aliphatic carbocycles. The Labute approximate surface area is 292 Å². The SMILES string of the molecule is C#Cc1c(F)ccc2cc(O)cc(-c3ncc4c(N5CCOC[C@@](C)(O)C5)nc(OC[C@]56CCC[C@H]5N(CC5CC5(F)F)CCC6)nc4c3F)c12. The predicted octanol–water partition coefficient (Wildman–Crippen LogP) is 6.07. The van der Waals surface area contributed by atoms with Gasteiger partial charge in [0, 0.05) is 54.0 Å². The Kier molecular flexibility index (Phi) is 8.27. The molecule has 2 aromatic heterocycles. The molecule has 2 aromatic carbocycles. The number of hydrogen-bond acceptors (Lipinski definition) is 9. The quantitative estimate of drug-likeness (QED) is 0.175. The Morgan fingerprint density at radius 2 is 1.94 bits per heavy atom. The van der Waals surface area contributed by atoms with Crippen LogP contribution in [-0.4, -0.2) is 93.6 Å². The van der Waals surface area contributed by atoms with Gasteiger partial charge in [0.1, 0.15) is 34.2 Å². The third-order valence-corrected chi connectivity index (χ3v) is 11.2. The first-order chi connectivity index (χ1) is 24.4. The second kappa shape index (κ2) is 12.5. The van der Waals surface area contributed by atoms with Gasteiger partial charge in [-0.1, -0.05) is 18.4 Å². The van der Waals surface area contributed by atoms with Crippen molar-refractivity contribution in [1.29, 1.82) is 0 Å². The number of terminal acetylenes is 1. The van der Waals surface area contributed by atoms with E-state index in [4.69, 9.17) is 20.9 Å². The molecule has 0 spiro atoms. The number of fused-ring (bicyclic) bond motifs is 3. The Morgan fingerprint density at radius 1 is 1.14 bits per heavy atom. The molecule has 1 unspecified atom stereocenters. The van der Waals surface area contributed by atoms with Crippen molar-refractivity contribution in [3.05, 3.63) is 47.7 Å². The lowest BCUT2D eigenvalue weighted by Gasteiger charge is -2.46. The van der Waals surface area contributed by atoms with Crippen LogP contribution in [0.4, 0.5) is 23.4 Å². The number of anilines is 1. The molecule has 268 valence electrons. The zero-order chi connectivity index (χ0) is 35.7. The van der Waals surface area contributed by atoms with E-state index in [0.717, 1.165) is 38.6 Å². The van der Waals surface area contributed by atoms with Crippen LogP contribution in [0.25, 0.3) is 32.9 Å². The highest BCUT2D eigenvalue weighted by Crippen LogP contribution is 2.53. The third-order valence-electron chi connectivity index (χ3n) is 11.2. The van der Waals surface area contributed by atoms with E-state index in [0.29, 0.717) is 18.5 Å². The molecule has 13 heteroatoms. The van der Waals surface area contributed by atoms with Crippen LogP contribution in [0, 0.1) is 35.3 Å². The van der Waals surface area contributed by atoms with Crippen LogP contribution in [0.2, 0.25) is 0 Å². The molecule has 4 aromatic rings. The van der Waals surface area contributed by atoms with Crippen LogP contribution in [-0.2, 0) is 4.74 Å². The minimum Gasteiger partial charge on any atom is -0.508 e. The van der Waals surface area contributed by atoms with Crippen molar-refractivity contribution < 1.29 is 37.2 Å². The lowest BCUT2D eigenvalue weighted by Crippen LogP contribution is -2.52. The highest BCUT2D eigenvalue weighted by molar-refractivity contribution is 6.03. The number of phenols is 1. The minimum atomic E-state index is -2.59. The van der Waals surface area contributed by atoms with Crippen LogP contribution >= 0.6 is 0 Å². The van der Waals surface area contributed by atoms with Gasteiger partial charge in [-0.15, -0.1) is 6.42 Å². The molecular weight excluding hydrogens is 666 g/mol. The van der Waals surface area contributed by atoms with Gasteiger partial charge in [-0.05, 0) is 62.7 Å². The topological polar surface area (TPSA) is 104 Å². The Hall–Kier alpha value is -4.25. The zero-order valence-corrected chi connectivity index (χ0v) is 28.3. The first-order valence-corrected chi connectivity index (χ1v) is 17.5. The average Bonchev–Trinajstić information content (AvgIpc) is 3.53. The molecule has 2 saturated carbocycles. The normalized spacial score (nSPS) is 27.7. The monoisotopic (exact) mass is 705 g/mol. The maximum atomic E-state index is 17.0. The lowest BCUT2D eigenvalue weighted by atomic mass is 9.75. The molecule has 0 amide bonds. The number of β-amino-alcohol motifs (C(OH)–C–C–N with tert-alkyl or cyclic N) is 1. The number of rotatable bonds is 7. The highest BCUT2D eigenvalue weighted by Gasteiger charge is 2.59. The number of hydrogen-bond donors (Lipinski definition) is 2. The summed E-state index contributed by atoms with van der Waals surface area (Å²) in [4.78, 5) is 17.8. The van der Waals surface area contributed by atoms with Gasteiger partial charge in [-0.2, -0.15) is 9.97 Å². The van der Waals surface area contributed by atoms with Gasteiger partial charge in [0.25, 0.3) is 5.92 Å². The van der Waals surface area contributed by atoms with E-state index in [9.17, 15) is 23.4 Å².